The minimum atomic E-state index is -0.822. The van der Waals surface area contributed by atoms with E-state index < -0.39 is 18.1 Å². The number of esters is 1. The van der Waals surface area contributed by atoms with Gasteiger partial charge in [0.05, 0.1) is 19.5 Å². The molecular weight excluding hydrogens is 613 g/mol. The molecule has 0 spiro atoms. The third-order valence-electron chi connectivity index (χ3n) is 7.72. The van der Waals surface area contributed by atoms with Gasteiger partial charge in [-0.05, 0) is 58.9 Å². The molecule has 2 aromatic carbocycles. The number of carbonyl (C=O) groups is 2. The third kappa shape index (κ3) is 6.31. The predicted molar refractivity (Wildman–Crippen MR) is 164 cm³/mol. The lowest BCUT2D eigenvalue weighted by Gasteiger charge is -2.19. The number of hydrogen-bond acceptors (Lipinski definition) is 9. The molecule has 3 heterocycles. The van der Waals surface area contributed by atoms with E-state index >= 15 is 0 Å². The van der Waals surface area contributed by atoms with Crippen molar-refractivity contribution in [1.82, 2.24) is 24.8 Å². The number of alkyl carbamates (subject to hydrolysis) is 1. The zero-order chi connectivity index (χ0) is 29.9. The molecule has 0 bridgehead atoms. The van der Waals surface area contributed by atoms with E-state index in [-0.39, 0.29) is 35.3 Å². The molecule has 13 heteroatoms. The number of halogens is 2. The molecule has 6 rings (SSSR count). The van der Waals surface area contributed by atoms with Gasteiger partial charge in [0.25, 0.3) is 0 Å². The lowest BCUT2D eigenvalue weighted by atomic mass is 9.98. The number of methoxy groups -OCH3 is 1. The Labute approximate surface area is 262 Å². The highest BCUT2D eigenvalue weighted by atomic mass is 35.5. The van der Waals surface area contributed by atoms with Gasteiger partial charge < -0.3 is 19.5 Å². The maximum atomic E-state index is 12.8. The molecule has 2 aromatic heterocycles. The molecule has 1 N–H and O–H groups in total. The number of hydrogen-bond donors (Lipinski definition) is 1. The van der Waals surface area contributed by atoms with Crippen molar-refractivity contribution < 1.29 is 23.8 Å². The van der Waals surface area contributed by atoms with Gasteiger partial charge in [-0.25, -0.2) is 19.6 Å². The van der Waals surface area contributed by atoms with E-state index in [4.69, 9.17) is 37.4 Å². The molecule has 1 aliphatic carbocycles. The Morgan fingerprint density at radius 2 is 1.81 bits per heavy atom. The summed E-state index contributed by atoms with van der Waals surface area (Å²) in [6.45, 7) is 0.166. The van der Waals surface area contributed by atoms with E-state index in [2.05, 4.69) is 44.5 Å². The van der Waals surface area contributed by atoms with Gasteiger partial charge in [0, 0.05) is 11.7 Å². The second-order valence-corrected chi connectivity index (χ2v) is 12.2. The Kier molecular flexibility index (Phi) is 9.03. The first kappa shape index (κ1) is 29.7. The van der Waals surface area contributed by atoms with E-state index in [0.717, 1.165) is 40.8 Å². The molecular formula is C30H29Cl2N5O5S. The van der Waals surface area contributed by atoms with E-state index in [1.807, 2.05) is 28.8 Å². The van der Waals surface area contributed by atoms with Gasteiger partial charge in [0.2, 0.25) is 5.28 Å². The van der Waals surface area contributed by atoms with Crippen LogP contribution in [-0.4, -0.2) is 68.9 Å². The van der Waals surface area contributed by atoms with Crippen LogP contribution in [-0.2, 0) is 19.0 Å². The molecule has 0 radical (unpaired) electrons. The van der Waals surface area contributed by atoms with E-state index in [9.17, 15) is 9.59 Å². The first-order valence-electron chi connectivity index (χ1n) is 13.9. The number of rotatable bonds is 10. The van der Waals surface area contributed by atoms with Crippen LogP contribution in [0.5, 0.6) is 0 Å². The van der Waals surface area contributed by atoms with Crippen molar-refractivity contribution in [3.8, 4) is 11.1 Å². The molecule has 2 aliphatic rings. The smallest absolute Gasteiger partial charge is 0.407 e. The van der Waals surface area contributed by atoms with Crippen molar-refractivity contribution in [2.45, 2.75) is 43.6 Å². The second-order valence-electron chi connectivity index (χ2n) is 10.3. The Morgan fingerprint density at radius 1 is 1.09 bits per heavy atom. The zero-order valence-corrected chi connectivity index (χ0v) is 25.6. The first-order valence-corrected chi connectivity index (χ1v) is 15.8. The van der Waals surface area contributed by atoms with Crippen molar-refractivity contribution in [3.05, 3.63) is 76.4 Å². The Morgan fingerprint density at radius 3 is 2.53 bits per heavy atom. The molecule has 4 aromatic rings. The lowest BCUT2D eigenvalue weighted by molar-refractivity contribution is -0.143. The number of imidazole rings is 1. The van der Waals surface area contributed by atoms with Crippen LogP contribution in [0.4, 0.5) is 4.79 Å². The van der Waals surface area contributed by atoms with Crippen molar-refractivity contribution in [3.63, 3.8) is 0 Å². The van der Waals surface area contributed by atoms with E-state index in [0.29, 0.717) is 23.3 Å². The average Bonchev–Trinajstić information content (AvgIpc) is 3.73. The summed E-state index contributed by atoms with van der Waals surface area (Å²) in [4.78, 5) is 37.7. The SMILES string of the molecule is COC(=O)[C@H](CCSC[C@@H]1CC[C@H](n2cnc3c(Cl)nc(Cl)nc32)O1)NC(=O)OCC1c2ccccc2-c2ccccc21. The third-order valence-corrected chi connectivity index (χ3v) is 9.29. The van der Waals surface area contributed by atoms with Gasteiger partial charge in [-0.15, -0.1) is 0 Å². The molecule has 10 nitrogen and oxygen atoms in total. The Bertz CT molecular complexity index is 1610. The largest absolute Gasteiger partial charge is 0.467 e. The monoisotopic (exact) mass is 641 g/mol. The van der Waals surface area contributed by atoms with Gasteiger partial charge in [-0.2, -0.15) is 16.7 Å². The lowest BCUT2D eigenvalue weighted by Crippen LogP contribution is -2.42. The zero-order valence-electron chi connectivity index (χ0n) is 23.2. The van der Waals surface area contributed by atoms with Gasteiger partial charge >= 0.3 is 12.1 Å². The molecule has 1 aliphatic heterocycles. The van der Waals surface area contributed by atoms with Crippen LogP contribution in [0, 0.1) is 0 Å². The highest BCUT2D eigenvalue weighted by Gasteiger charge is 2.31. The fourth-order valence-corrected chi connectivity index (χ4v) is 7.17. The summed E-state index contributed by atoms with van der Waals surface area (Å²) in [6, 6.07) is 15.4. The average molecular weight is 643 g/mol. The number of amides is 1. The second kappa shape index (κ2) is 13.1. The van der Waals surface area contributed by atoms with Gasteiger partial charge in [-0.3, -0.25) is 4.57 Å². The minimum absolute atomic E-state index is 0.00639. The van der Waals surface area contributed by atoms with Crippen LogP contribution in [0.25, 0.3) is 22.3 Å². The van der Waals surface area contributed by atoms with Gasteiger partial charge in [0.1, 0.15) is 24.4 Å². The van der Waals surface area contributed by atoms with Crippen LogP contribution in [0.1, 0.15) is 42.5 Å². The molecule has 0 saturated carbocycles. The number of carbonyl (C=O) groups excluding carboxylic acids is 2. The Hall–Kier alpha value is -3.38. The maximum absolute atomic E-state index is 12.8. The van der Waals surface area contributed by atoms with Crippen LogP contribution >= 0.6 is 35.0 Å². The van der Waals surface area contributed by atoms with Crippen LogP contribution in [0.2, 0.25) is 10.4 Å². The molecule has 224 valence electrons. The van der Waals surface area contributed by atoms with Crippen LogP contribution in [0.15, 0.2) is 54.9 Å². The summed E-state index contributed by atoms with van der Waals surface area (Å²) in [5, 5.41) is 2.95. The predicted octanol–water partition coefficient (Wildman–Crippen LogP) is 6.01. The fraction of sp³-hybridized carbons (Fsp3) is 0.367. The van der Waals surface area contributed by atoms with Crippen LogP contribution < -0.4 is 5.32 Å². The van der Waals surface area contributed by atoms with E-state index in [1.54, 1.807) is 18.1 Å². The standard InChI is InChI=1S/C30H29Cl2N5O5S/c1-40-28(38)23(34-30(39)41-14-22-20-8-4-2-6-18(20)19-7-3-5-9-21(19)22)12-13-43-15-17-10-11-24(42-17)37-16-33-25-26(31)35-29(32)36-27(25)37/h2-9,16-17,22-24H,10-15H2,1H3,(H,34,39)/t17-,23-,24+/m0/s1. The van der Waals surface area contributed by atoms with Crippen molar-refractivity contribution >= 4 is 58.2 Å². The number of ether oxygens (including phenoxy) is 3. The maximum Gasteiger partial charge on any atom is 0.407 e. The molecule has 43 heavy (non-hydrogen) atoms. The molecule has 0 unspecified atom stereocenters. The van der Waals surface area contributed by atoms with Crippen molar-refractivity contribution in [2.24, 2.45) is 0 Å². The number of benzene rings is 2. The fourth-order valence-electron chi connectivity index (χ4n) is 5.67. The van der Waals surface area contributed by atoms with Crippen molar-refractivity contribution in [2.75, 3.05) is 25.2 Å². The summed E-state index contributed by atoms with van der Waals surface area (Å²) in [5.41, 5.74) is 5.55. The summed E-state index contributed by atoms with van der Waals surface area (Å²) in [7, 11) is 1.31. The topological polar surface area (TPSA) is 117 Å². The normalized spacial score (nSPS) is 18.3. The van der Waals surface area contributed by atoms with Crippen LogP contribution in [0.3, 0.4) is 0 Å². The molecule has 1 fully saturated rings. The quantitative estimate of drug-likeness (QED) is 0.0960. The first-order chi connectivity index (χ1) is 20.9. The Balaban J connectivity index is 0.983. The number of nitrogens with zero attached hydrogens (tertiary/aromatic N) is 4. The number of nitrogens with one attached hydrogen (secondary N) is 1. The summed E-state index contributed by atoms with van der Waals surface area (Å²) in [5.74, 6) is 0.749. The number of thioether (sulfide) groups is 1. The molecule has 3 atom stereocenters. The van der Waals surface area contributed by atoms with Crippen molar-refractivity contribution in [1.29, 1.82) is 0 Å². The molecule has 1 saturated heterocycles. The van der Waals surface area contributed by atoms with Gasteiger partial charge in [0.15, 0.2) is 10.8 Å². The highest BCUT2D eigenvalue weighted by molar-refractivity contribution is 7.99. The summed E-state index contributed by atoms with van der Waals surface area (Å²) >= 11 is 13.8. The minimum Gasteiger partial charge on any atom is -0.467 e. The summed E-state index contributed by atoms with van der Waals surface area (Å²) in [6.07, 6.45) is 2.77. The molecule has 1 amide bonds. The number of fused-ring (bicyclic) bond motifs is 4. The number of aromatic nitrogens is 4. The van der Waals surface area contributed by atoms with Gasteiger partial charge in [-0.1, -0.05) is 60.1 Å². The highest BCUT2D eigenvalue weighted by Crippen LogP contribution is 2.44. The summed E-state index contributed by atoms with van der Waals surface area (Å²) < 4.78 is 18.6. The van der Waals surface area contributed by atoms with E-state index in [1.165, 1.54) is 7.11 Å².